The molecule has 0 aliphatic carbocycles. The van der Waals surface area contributed by atoms with Crippen molar-refractivity contribution in [3.8, 4) is 12.3 Å². The molecule has 2 nitrogen and oxygen atoms in total. The minimum Gasteiger partial charge on any atom is -0.364 e. The third-order valence-corrected chi connectivity index (χ3v) is 1.46. The number of hydrogen-bond donors (Lipinski definition) is 1. The maximum absolute atomic E-state index is 5.16. The summed E-state index contributed by atoms with van der Waals surface area (Å²) >= 11 is 0. The number of aromatic amines is 1. The van der Waals surface area contributed by atoms with Crippen LogP contribution >= 0.6 is 0 Å². The molecule has 1 heterocycles. The van der Waals surface area contributed by atoms with Crippen LogP contribution in [0.1, 0.15) is 5.69 Å². The highest BCUT2D eigenvalue weighted by Crippen LogP contribution is 1.97. The summed E-state index contributed by atoms with van der Waals surface area (Å²) in [6.07, 6.45) is 7.07. The number of H-pyrrole nitrogens is 1. The Bertz CT molecular complexity index is 231. The summed E-state index contributed by atoms with van der Waals surface area (Å²) in [6, 6.07) is 4.03. The van der Waals surface area contributed by atoms with Crippen LogP contribution in [0.4, 0.5) is 0 Å². The highest BCUT2D eigenvalue weighted by Gasteiger charge is 1.96. The van der Waals surface area contributed by atoms with E-state index in [4.69, 9.17) is 6.42 Å². The van der Waals surface area contributed by atoms with Crippen molar-refractivity contribution in [1.82, 2.24) is 9.88 Å². The third-order valence-electron chi connectivity index (χ3n) is 1.46. The lowest BCUT2D eigenvalue weighted by Crippen LogP contribution is -2.17. The summed E-state index contributed by atoms with van der Waals surface area (Å²) in [5.74, 6) is 2.59. The monoisotopic (exact) mass is 148 g/mol. The Balaban J connectivity index is 2.38. The van der Waals surface area contributed by atoms with E-state index in [-0.39, 0.29) is 0 Å². The van der Waals surface area contributed by atoms with E-state index < -0.39 is 0 Å². The van der Waals surface area contributed by atoms with E-state index in [1.165, 1.54) is 5.69 Å². The van der Waals surface area contributed by atoms with Crippen LogP contribution < -0.4 is 0 Å². The van der Waals surface area contributed by atoms with Crippen molar-refractivity contribution in [3.05, 3.63) is 24.0 Å². The Morgan fingerprint density at radius 3 is 3.09 bits per heavy atom. The summed E-state index contributed by atoms with van der Waals surface area (Å²) in [6.45, 7) is 1.58. The second kappa shape index (κ2) is 3.85. The molecular weight excluding hydrogens is 136 g/mol. The lowest BCUT2D eigenvalue weighted by Gasteiger charge is -2.10. The molecule has 11 heavy (non-hydrogen) atoms. The Morgan fingerprint density at radius 2 is 2.55 bits per heavy atom. The van der Waals surface area contributed by atoms with Gasteiger partial charge >= 0.3 is 0 Å². The molecule has 0 radical (unpaired) electrons. The highest BCUT2D eigenvalue weighted by molar-refractivity contribution is 5.03. The van der Waals surface area contributed by atoms with Gasteiger partial charge in [0.1, 0.15) is 0 Å². The maximum atomic E-state index is 5.16. The van der Waals surface area contributed by atoms with Crippen molar-refractivity contribution < 1.29 is 0 Å². The molecule has 0 spiro atoms. The Labute approximate surface area is 67.2 Å². The first-order valence-electron chi connectivity index (χ1n) is 3.57. The van der Waals surface area contributed by atoms with E-state index in [1.54, 1.807) is 0 Å². The molecule has 58 valence electrons. The zero-order valence-corrected chi connectivity index (χ0v) is 6.67. The largest absolute Gasteiger partial charge is 0.364 e. The average Bonchev–Trinajstić information content (AvgIpc) is 2.40. The van der Waals surface area contributed by atoms with E-state index in [1.807, 2.05) is 25.4 Å². The molecule has 0 aromatic carbocycles. The van der Waals surface area contributed by atoms with E-state index in [0.29, 0.717) is 6.54 Å². The molecule has 2 heteroatoms. The molecular formula is C9H12N2. The molecule has 0 unspecified atom stereocenters. The molecule has 0 aliphatic rings. The topological polar surface area (TPSA) is 19.0 Å². The predicted molar refractivity (Wildman–Crippen MR) is 46.0 cm³/mol. The smallest absolute Gasteiger partial charge is 0.0599 e. The molecule has 1 aromatic rings. The zero-order chi connectivity index (χ0) is 8.10. The third kappa shape index (κ3) is 2.48. The van der Waals surface area contributed by atoms with Crippen molar-refractivity contribution in [2.75, 3.05) is 13.6 Å². The van der Waals surface area contributed by atoms with E-state index in [9.17, 15) is 0 Å². The van der Waals surface area contributed by atoms with Gasteiger partial charge in [0.2, 0.25) is 0 Å². The molecule has 0 fully saturated rings. The van der Waals surface area contributed by atoms with Crippen LogP contribution in [-0.4, -0.2) is 23.5 Å². The first-order valence-corrected chi connectivity index (χ1v) is 3.57. The van der Waals surface area contributed by atoms with Gasteiger partial charge in [0, 0.05) is 18.4 Å². The van der Waals surface area contributed by atoms with Crippen molar-refractivity contribution in [3.63, 3.8) is 0 Å². The fourth-order valence-corrected chi connectivity index (χ4v) is 0.968. The molecule has 0 amide bonds. The van der Waals surface area contributed by atoms with Gasteiger partial charge in [-0.2, -0.15) is 0 Å². The highest BCUT2D eigenvalue weighted by atomic mass is 15.1. The van der Waals surface area contributed by atoms with Crippen LogP contribution in [-0.2, 0) is 6.54 Å². The SMILES string of the molecule is C#CCN(C)Cc1ccc[nH]1. The summed E-state index contributed by atoms with van der Waals surface area (Å²) in [5, 5.41) is 0. The van der Waals surface area contributed by atoms with Gasteiger partial charge in [-0.15, -0.1) is 6.42 Å². The second-order valence-electron chi connectivity index (χ2n) is 2.57. The van der Waals surface area contributed by atoms with Gasteiger partial charge in [0.25, 0.3) is 0 Å². The van der Waals surface area contributed by atoms with Gasteiger partial charge in [-0.3, -0.25) is 4.90 Å². The summed E-state index contributed by atoms with van der Waals surface area (Å²) < 4.78 is 0. The van der Waals surface area contributed by atoms with E-state index in [0.717, 1.165) is 6.54 Å². The molecule has 0 bridgehead atoms. The Morgan fingerprint density at radius 1 is 1.73 bits per heavy atom. The summed E-state index contributed by atoms with van der Waals surface area (Å²) in [7, 11) is 2.00. The minimum atomic E-state index is 0.693. The van der Waals surface area contributed by atoms with Crippen LogP contribution in [0.15, 0.2) is 18.3 Å². The maximum Gasteiger partial charge on any atom is 0.0599 e. The van der Waals surface area contributed by atoms with Crippen molar-refractivity contribution >= 4 is 0 Å². The van der Waals surface area contributed by atoms with Crippen molar-refractivity contribution in [2.45, 2.75) is 6.54 Å². The molecule has 1 rings (SSSR count). The number of aromatic nitrogens is 1. The van der Waals surface area contributed by atoms with Crippen molar-refractivity contribution in [2.24, 2.45) is 0 Å². The molecule has 1 aromatic heterocycles. The first kappa shape index (κ1) is 7.90. The molecule has 0 saturated carbocycles. The van der Waals surface area contributed by atoms with Gasteiger partial charge in [-0.25, -0.2) is 0 Å². The lowest BCUT2D eigenvalue weighted by atomic mass is 10.4. The molecule has 0 aliphatic heterocycles. The quantitative estimate of drug-likeness (QED) is 0.635. The molecule has 0 atom stereocenters. The first-order chi connectivity index (χ1) is 5.33. The second-order valence-corrected chi connectivity index (χ2v) is 2.57. The van der Waals surface area contributed by atoms with Crippen molar-refractivity contribution in [1.29, 1.82) is 0 Å². The normalized spacial score (nSPS) is 9.91. The summed E-state index contributed by atoms with van der Waals surface area (Å²) in [4.78, 5) is 5.19. The Hall–Kier alpha value is -1.20. The Kier molecular flexibility index (Phi) is 2.76. The molecule has 1 N–H and O–H groups in total. The number of rotatable bonds is 3. The van der Waals surface area contributed by atoms with E-state index in [2.05, 4.69) is 15.8 Å². The van der Waals surface area contributed by atoms with Gasteiger partial charge in [-0.1, -0.05) is 5.92 Å². The number of terminal acetylenes is 1. The average molecular weight is 148 g/mol. The lowest BCUT2D eigenvalue weighted by molar-refractivity contribution is 0.365. The van der Waals surface area contributed by atoms with Gasteiger partial charge < -0.3 is 4.98 Å². The molecule has 0 saturated heterocycles. The minimum absolute atomic E-state index is 0.693. The van der Waals surface area contributed by atoms with Crippen LogP contribution in [0.3, 0.4) is 0 Å². The fraction of sp³-hybridized carbons (Fsp3) is 0.333. The van der Waals surface area contributed by atoms with E-state index >= 15 is 0 Å². The number of nitrogens with zero attached hydrogens (tertiary/aromatic N) is 1. The predicted octanol–water partition coefficient (Wildman–Crippen LogP) is 1.08. The van der Waals surface area contributed by atoms with Gasteiger partial charge in [-0.05, 0) is 19.2 Å². The summed E-state index contributed by atoms with van der Waals surface area (Å²) in [5.41, 5.74) is 1.20. The fourth-order valence-electron chi connectivity index (χ4n) is 0.968. The van der Waals surface area contributed by atoms with Crippen LogP contribution in [0, 0.1) is 12.3 Å². The van der Waals surface area contributed by atoms with Gasteiger partial charge in [0.05, 0.1) is 6.54 Å². The van der Waals surface area contributed by atoms with Crippen LogP contribution in [0.5, 0.6) is 0 Å². The van der Waals surface area contributed by atoms with Gasteiger partial charge in [0.15, 0.2) is 0 Å². The number of nitrogens with one attached hydrogen (secondary N) is 1. The van der Waals surface area contributed by atoms with Crippen LogP contribution in [0.2, 0.25) is 0 Å². The van der Waals surface area contributed by atoms with Crippen LogP contribution in [0.25, 0.3) is 0 Å². The zero-order valence-electron chi connectivity index (χ0n) is 6.67. The number of hydrogen-bond acceptors (Lipinski definition) is 1. The standard InChI is InChI=1S/C9H12N2/c1-3-7-11(2)8-9-5-4-6-10-9/h1,4-6,10H,7-8H2,2H3.